The van der Waals surface area contributed by atoms with Crippen molar-refractivity contribution in [1.29, 1.82) is 0 Å². The van der Waals surface area contributed by atoms with Gasteiger partial charge in [-0.05, 0) is 77.5 Å². The fourth-order valence-corrected chi connectivity index (χ4v) is 8.00. The van der Waals surface area contributed by atoms with Gasteiger partial charge < -0.3 is 9.32 Å². The van der Waals surface area contributed by atoms with E-state index in [9.17, 15) is 0 Å². The number of hydrogen-bond acceptors (Lipinski definition) is 4. The van der Waals surface area contributed by atoms with Crippen LogP contribution in [-0.2, 0) is 0 Å². The van der Waals surface area contributed by atoms with Crippen molar-refractivity contribution in [3.8, 4) is 17.2 Å². The summed E-state index contributed by atoms with van der Waals surface area (Å²) in [7, 11) is 0. The Balaban J connectivity index is 1.15. The second-order valence-corrected chi connectivity index (χ2v) is 13.4. The van der Waals surface area contributed by atoms with Crippen molar-refractivity contribution in [2.45, 2.75) is 0 Å². The molecule has 0 atom stereocenters. The highest BCUT2D eigenvalue weighted by atomic mass is 16.3. The molecule has 0 aliphatic rings. The van der Waals surface area contributed by atoms with Crippen molar-refractivity contribution in [2.24, 2.45) is 0 Å². The van der Waals surface area contributed by atoms with Crippen LogP contribution in [0.4, 0.5) is 17.1 Å². The molecule has 0 amide bonds. The zero-order valence-electron chi connectivity index (χ0n) is 28.5. The van der Waals surface area contributed by atoms with Crippen LogP contribution in [0.1, 0.15) is 0 Å². The third-order valence-corrected chi connectivity index (χ3v) is 10.4. The zero-order chi connectivity index (χ0) is 34.9. The van der Waals surface area contributed by atoms with Gasteiger partial charge in [-0.2, -0.15) is 0 Å². The Morgan fingerprint density at radius 1 is 0.434 bits per heavy atom. The molecule has 0 N–H and O–H groups in total. The average molecular weight is 679 g/mol. The molecule has 3 aromatic heterocycles. The smallest absolute Gasteiger partial charge is 0.235 e. The maximum absolute atomic E-state index is 6.21. The van der Waals surface area contributed by atoms with Crippen LogP contribution in [0, 0.1) is 0 Å². The normalized spacial score (nSPS) is 11.8. The Morgan fingerprint density at radius 2 is 1.09 bits per heavy atom. The predicted octanol–water partition coefficient (Wildman–Crippen LogP) is 12.9. The lowest BCUT2D eigenvalue weighted by molar-refractivity contribution is 0.669. The Hall–Kier alpha value is -7.24. The van der Waals surface area contributed by atoms with Crippen molar-refractivity contribution in [3.63, 3.8) is 0 Å². The number of rotatable bonds is 5. The maximum atomic E-state index is 6.21. The van der Waals surface area contributed by atoms with Crippen LogP contribution in [0.25, 0.3) is 82.6 Å². The fraction of sp³-hybridized carbons (Fsp3) is 0. The SMILES string of the molecule is c1ccc(N(c2ccccc2)c2ccc3c4ccccc4n(-c4nc(-c5ccc6c(ccc7oc8ccccc8c76)c5)c5ccccc5n4)c3c2)cc1. The molecule has 0 saturated heterocycles. The van der Waals surface area contributed by atoms with Crippen molar-refractivity contribution in [3.05, 3.63) is 182 Å². The number of fused-ring (bicyclic) bond motifs is 9. The van der Waals surface area contributed by atoms with Crippen LogP contribution in [0.5, 0.6) is 0 Å². The topological polar surface area (TPSA) is 47.1 Å². The number of aromatic nitrogens is 3. The molecule has 248 valence electrons. The summed E-state index contributed by atoms with van der Waals surface area (Å²) >= 11 is 0. The first kappa shape index (κ1) is 29.5. The summed E-state index contributed by atoms with van der Waals surface area (Å²) in [6.45, 7) is 0. The van der Waals surface area contributed by atoms with Gasteiger partial charge in [0, 0.05) is 49.6 Å². The highest BCUT2D eigenvalue weighted by molar-refractivity contribution is 6.19. The molecule has 0 spiro atoms. The van der Waals surface area contributed by atoms with E-state index in [1.165, 1.54) is 0 Å². The van der Waals surface area contributed by atoms with Gasteiger partial charge in [-0.1, -0.05) is 115 Å². The number of nitrogens with zero attached hydrogens (tertiary/aromatic N) is 4. The van der Waals surface area contributed by atoms with E-state index in [0.717, 1.165) is 93.7 Å². The number of para-hydroxylation sites is 5. The van der Waals surface area contributed by atoms with Crippen molar-refractivity contribution in [2.75, 3.05) is 4.90 Å². The van der Waals surface area contributed by atoms with E-state index in [1.807, 2.05) is 18.2 Å². The van der Waals surface area contributed by atoms with E-state index in [-0.39, 0.29) is 0 Å². The zero-order valence-corrected chi connectivity index (χ0v) is 28.5. The van der Waals surface area contributed by atoms with Gasteiger partial charge in [-0.15, -0.1) is 0 Å². The van der Waals surface area contributed by atoms with E-state index < -0.39 is 0 Å². The molecule has 11 rings (SSSR count). The van der Waals surface area contributed by atoms with Crippen LogP contribution in [0.2, 0.25) is 0 Å². The molecule has 0 bridgehead atoms. The maximum Gasteiger partial charge on any atom is 0.235 e. The van der Waals surface area contributed by atoms with E-state index in [1.54, 1.807) is 0 Å². The summed E-state index contributed by atoms with van der Waals surface area (Å²) in [5.74, 6) is 0.629. The van der Waals surface area contributed by atoms with Gasteiger partial charge in [0.1, 0.15) is 11.2 Å². The Labute approximate surface area is 304 Å². The minimum atomic E-state index is 0.629. The third-order valence-electron chi connectivity index (χ3n) is 10.4. The molecule has 11 aromatic rings. The first-order valence-corrected chi connectivity index (χ1v) is 17.8. The lowest BCUT2D eigenvalue weighted by atomic mass is 9.99. The number of furan rings is 1. The molecule has 8 aromatic carbocycles. The Kier molecular flexibility index (Phi) is 6.48. The highest BCUT2D eigenvalue weighted by Gasteiger charge is 2.20. The lowest BCUT2D eigenvalue weighted by Crippen LogP contribution is -2.10. The highest BCUT2D eigenvalue weighted by Crippen LogP contribution is 2.41. The lowest BCUT2D eigenvalue weighted by Gasteiger charge is -2.25. The molecular weight excluding hydrogens is 649 g/mol. The molecule has 0 saturated carbocycles. The van der Waals surface area contributed by atoms with Gasteiger partial charge in [0.05, 0.1) is 22.2 Å². The predicted molar refractivity (Wildman–Crippen MR) is 219 cm³/mol. The summed E-state index contributed by atoms with van der Waals surface area (Å²) in [6, 6.07) is 63.7. The van der Waals surface area contributed by atoms with E-state index in [2.05, 4.69) is 173 Å². The van der Waals surface area contributed by atoms with Gasteiger partial charge in [0.15, 0.2) is 0 Å². The summed E-state index contributed by atoms with van der Waals surface area (Å²) in [4.78, 5) is 13.0. The van der Waals surface area contributed by atoms with E-state index in [4.69, 9.17) is 14.4 Å². The van der Waals surface area contributed by atoms with Crippen molar-refractivity contribution < 1.29 is 4.42 Å². The molecule has 0 radical (unpaired) electrons. The van der Waals surface area contributed by atoms with E-state index >= 15 is 0 Å². The fourth-order valence-electron chi connectivity index (χ4n) is 8.00. The van der Waals surface area contributed by atoms with Crippen molar-refractivity contribution >= 4 is 82.5 Å². The summed E-state index contributed by atoms with van der Waals surface area (Å²) < 4.78 is 8.43. The Morgan fingerprint density at radius 3 is 1.91 bits per heavy atom. The minimum absolute atomic E-state index is 0.629. The molecule has 5 heteroatoms. The quantitative estimate of drug-likeness (QED) is 0.182. The van der Waals surface area contributed by atoms with Crippen LogP contribution in [0.15, 0.2) is 186 Å². The molecule has 0 aliphatic carbocycles. The summed E-state index contributed by atoms with van der Waals surface area (Å²) in [5, 5.41) is 7.86. The van der Waals surface area contributed by atoms with E-state index in [0.29, 0.717) is 5.95 Å². The second-order valence-electron chi connectivity index (χ2n) is 13.4. The molecule has 53 heavy (non-hydrogen) atoms. The monoisotopic (exact) mass is 678 g/mol. The summed E-state index contributed by atoms with van der Waals surface area (Å²) in [6.07, 6.45) is 0. The third kappa shape index (κ3) is 4.64. The average Bonchev–Trinajstić information content (AvgIpc) is 3.77. The summed E-state index contributed by atoms with van der Waals surface area (Å²) in [5.41, 5.74) is 9.92. The molecule has 5 nitrogen and oxygen atoms in total. The van der Waals surface area contributed by atoms with Crippen LogP contribution in [0.3, 0.4) is 0 Å². The van der Waals surface area contributed by atoms with Crippen LogP contribution >= 0.6 is 0 Å². The van der Waals surface area contributed by atoms with Gasteiger partial charge in [-0.3, -0.25) is 4.57 Å². The Bertz CT molecular complexity index is 3140. The van der Waals surface area contributed by atoms with Crippen LogP contribution in [-0.4, -0.2) is 14.5 Å². The standard InChI is InChI=1S/C48H30N4O/c1-3-13-33(14-4-1)51(34-15-5-2-6-16-34)35-25-27-38-37-17-8-11-21-42(37)52(43(38)30-35)48-49-41-20-10-7-18-39(41)47(50-48)32-23-26-36-31(29-32)24-28-45-46(36)40-19-9-12-22-44(40)53-45/h1-30H. The number of anilines is 3. The first-order chi connectivity index (χ1) is 26.3. The molecule has 0 fully saturated rings. The number of hydrogen-bond donors (Lipinski definition) is 0. The minimum Gasteiger partial charge on any atom is -0.456 e. The van der Waals surface area contributed by atoms with Gasteiger partial charge in [0.25, 0.3) is 0 Å². The van der Waals surface area contributed by atoms with Crippen molar-refractivity contribution in [1.82, 2.24) is 14.5 Å². The second kappa shape index (κ2) is 11.7. The molecule has 0 aliphatic heterocycles. The van der Waals surface area contributed by atoms with Gasteiger partial charge in [-0.25, -0.2) is 9.97 Å². The molecular formula is C48H30N4O. The van der Waals surface area contributed by atoms with Gasteiger partial charge in [0.2, 0.25) is 5.95 Å². The van der Waals surface area contributed by atoms with Gasteiger partial charge >= 0.3 is 0 Å². The first-order valence-electron chi connectivity index (χ1n) is 17.8. The molecule has 0 unspecified atom stereocenters. The number of benzene rings is 8. The molecule has 3 heterocycles. The van der Waals surface area contributed by atoms with Crippen LogP contribution < -0.4 is 4.90 Å². The largest absolute Gasteiger partial charge is 0.456 e.